The zero-order chi connectivity index (χ0) is 22.7. The summed E-state index contributed by atoms with van der Waals surface area (Å²) in [7, 11) is 0. The molecule has 0 N–H and O–H groups in total. The zero-order valence-electron chi connectivity index (χ0n) is 19.7. The molecule has 0 aromatic rings. The second kappa shape index (κ2) is 12.9. The lowest BCUT2D eigenvalue weighted by molar-refractivity contribution is -0.0772. The van der Waals surface area contributed by atoms with Gasteiger partial charge in [-0.05, 0) is 73.3 Å². The Balaban J connectivity index is 4.46. The highest BCUT2D eigenvalue weighted by molar-refractivity contribution is 5.60. The van der Waals surface area contributed by atoms with Crippen LogP contribution >= 0.6 is 0 Å². The van der Waals surface area contributed by atoms with Crippen molar-refractivity contribution in [2.75, 3.05) is 6.61 Å². The monoisotopic (exact) mass is 415 g/mol. The molecule has 0 aliphatic heterocycles. The summed E-state index contributed by atoms with van der Waals surface area (Å²) < 4.78 is 22.4. The molecular formula is C21H41N3O5. The largest absolute Gasteiger partial charge is 0.509 e. The van der Waals surface area contributed by atoms with Crippen LogP contribution in [0.1, 0.15) is 88.0 Å². The smallest absolute Gasteiger partial charge is 0.431 e. The standard InChI is InChI=1S/C21H41N3O5/c1-10-21(9,23-24-22)14-18(6)28-19(25)29-20(7,8)13-17(5)27-16(4)11-12-26-15(2)3/h15-18H,10-14H2,1-9H3. The summed E-state index contributed by atoms with van der Waals surface area (Å²) in [4.78, 5) is 15.1. The van der Waals surface area contributed by atoms with Gasteiger partial charge >= 0.3 is 6.16 Å². The van der Waals surface area contributed by atoms with Crippen molar-refractivity contribution in [3.8, 4) is 0 Å². The van der Waals surface area contributed by atoms with Gasteiger partial charge in [0.25, 0.3) is 0 Å². The van der Waals surface area contributed by atoms with E-state index in [1.165, 1.54) is 0 Å². The second-order valence-corrected chi connectivity index (χ2v) is 8.95. The fourth-order valence-electron chi connectivity index (χ4n) is 3.16. The van der Waals surface area contributed by atoms with Crippen LogP contribution in [0.4, 0.5) is 4.79 Å². The summed E-state index contributed by atoms with van der Waals surface area (Å²) in [5, 5.41) is 3.82. The third-order valence-corrected chi connectivity index (χ3v) is 4.65. The molecule has 4 atom stereocenters. The SMILES string of the molecule is CCC(C)(CC(C)OC(=O)OC(C)(C)CC(C)OC(C)CCOC(C)C)N=[N+]=[N-]. The minimum atomic E-state index is -0.733. The molecule has 0 rings (SSSR count). The third kappa shape index (κ3) is 13.4. The lowest BCUT2D eigenvalue weighted by Crippen LogP contribution is -2.36. The van der Waals surface area contributed by atoms with Gasteiger partial charge in [-0.2, -0.15) is 0 Å². The maximum absolute atomic E-state index is 12.2. The van der Waals surface area contributed by atoms with Crippen molar-refractivity contribution < 1.29 is 23.7 Å². The van der Waals surface area contributed by atoms with Crippen LogP contribution in [0.25, 0.3) is 10.4 Å². The predicted molar refractivity (Wildman–Crippen MR) is 114 cm³/mol. The molecule has 0 aromatic carbocycles. The van der Waals surface area contributed by atoms with Crippen LogP contribution in [-0.2, 0) is 18.9 Å². The Kier molecular flexibility index (Phi) is 12.3. The topological polar surface area (TPSA) is 103 Å². The first-order chi connectivity index (χ1) is 13.3. The maximum Gasteiger partial charge on any atom is 0.509 e. The van der Waals surface area contributed by atoms with E-state index >= 15 is 0 Å². The summed E-state index contributed by atoms with van der Waals surface area (Å²) in [5.41, 5.74) is 7.38. The van der Waals surface area contributed by atoms with E-state index in [1.54, 1.807) is 6.92 Å². The average molecular weight is 416 g/mol. The summed E-state index contributed by atoms with van der Waals surface area (Å²) in [6.07, 6.45) is 1.45. The zero-order valence-corrected chi connectivity index (χ0v) is 19.7. The summed E-state index contributed by atoms with van der Waals surface area (Å²) in [6, 6.07) is 0. The number of ether oxygens (including phenoxy) is 4. The number of azide groups is 1. The van der Waals surface area contributed by atoms with E-state index in [0.717, 1.165) is 6.42 Å². The van der Waals surface area contributed by atoms with Gasteiger partial charge in [-0.15, -0.1) is 0 Å². The first-order valence-corrected chi connectivity index (χ1v) is 10.6. The molecule has 0 saturated carbocycles. The Bertz CT molecular complexity index is 534. The number of hydrogen-bond acceptors (Lipinski definition) is 6. The van der Waals surface area contributed by atoms with E-state index in [2.05, 4.69) is 10.0 Å². The average Bonchev–Trinajstić information content (AvgIpc) is 2.52. The Morgan fingerprint density at radius 1 is 1.03 bits per heavy atom. The van der Waals surface area contributed by atoms with Crippen molar-refractivity contribution in [2.24, 2.45) is 5.11 Å². The second-order valence-electron chi connectivity index (χ2n) is 8.95. The minimum Gasteiger partial charge on any atom is -0.431 e. The molecule has 0 amide bonds. The van der Waals surface area contributed by atoms with E-state index in [4.69, 9.17) is 24.5 Å². The number of carbonyl (C=O) groups excluding carboxylic acids is 1. The number of hydrogen-bond donors (Lipinski definition) is 0. The van der Waals surface area contributed by atoms with Gasteiger partial charge in [-0.25, -0.2) is 4.79 Å². The van der Waals surface area contributed by atoms with Crippen LogP contribution in [0.5, 0.6) is 0 Å². The predicted octanol–water partition coefficient (Wildman–Crippen LogP) is 6.17. The molecule has 0 aromatic heterocycles. The van der Waals surface area contributed by atoms with Gasteiger partial charge in [0.2, 0.25) is 0 Å². The van der Waals surface area contributed by atoms with Gasteiger partial charge in [-0.3, -0.25) is 0 Å². The molecule has 0 bridgehead atoms. The highest BCUT2D eigenvalue weighted by Crippen LogP contribution is 2.25. The van der Waals surface area contributed by atoms with Crippen molar-refractivity contribution in [1.82, 2.24) is 0 Å². The van der Waals surface area contributed by atoms with Crippen LogP contribution in [0.15, 0.2) is 5.11 Å². The van der Waals surface area contributed by atoms with Crippen molar-refractivity contribution in [2.45, 2.75) is 124 Å². The Morgan fingerprint density at radius 2 is 1.66 bits per heavy atom. The van der Waals surface area contributed by atoms with E-state index in [1.807, 2.05) is 55.4 Å². The summed E-state index contributed by atoms with van der Waals surface area (Å²) >= 11 is 0. The van der Waals surface area contributed by atoms with Crippen molar-refractivity contribution in [1.29, 1.82) is 0 Å². The van der Waals surface area contributed by atoms with Gasteiger partial charge in [-0.1, -0.05) is 19.0 Å². The highest BCUT2D eigenvalue weighted by atomic mass is 16.7. The van der Waals surface area contributed by atoms with Crippen LogP contribution in [0, 0.1) is 0 Å². The minimum absolute atomic E-state index is 0.0546. The lowest BCUT2D eigenvalue weighted by atomic mass is 9.93. The van der Waals surface area contributed by atoms with Crippen LogP contribution < -0.4 is 0 Å². The van der Waals surface area contributed by atoms with Crippen LogP contribution in [0.2, 0.25) is 0 Å². The van der Waals surface area contributed by atoms with Gasteiger partial charge in [0.1, 0.15) is 11.7 Å². The van der Waals surface area contributed by atoms with Crippen molar-refractivity contribution in [3.63, 3.8) is 0 Å². The summed E-state index contributed by atoms with van der Waals surface area (Å²) in [6.45, 7) is 17.9. The molecule has 8 nitrogen and oxygen atoms in total. The fraction of sp³-hybridized carbons (Fsp3) is 0.952. The lowest BCUT2D eigenvalue weighted by Gasteiger charge is -2.30. The molecule has 0 fully saturated rings. The maximum atomic E-state index is 12.2. The molecule has 29 heavy (non-hydrogen) atoms. The van der Waals surface area contributed by atoms with Gasteiger partial charge in [0.15, 0.2) is 0 Å². The van der Waals surface area contributed by atoms with Crippen LogP contribution in [-0.4, -0.2) is 48.3 Å². The molecule has 0 heterocycles. The highest BCUT2D eigenvalue weighted by Gasteiger charge is 2.30. The van der Waals surface area contributed by atoms with Crippen molar-refractivity contribution in [3.05, 3.63) is 10.4 Å². The van der Waals surface area contributed by atoms with Gasteiger partial charge in [0, 0.05) is 23.5 Å². The molecule has 170 valence electrons. The van der Waals surface area contributed by atoms with E-state index in [9.17, 15) is 4.79 Å². The molecule has 4 unspecified atom stereocenters. The van der Waals surface area contributed by atoms with Gasteiger partial charge < -0.3 is 18.9 Å². The quantitative estimate of drug-likeness (QED) is 0.146. The van der Waals surface area contributed by atoms with Gasteiger partial charge in [0.05, 0.1) is 18.3 Å². The number of rotatable bonds is 14. The number of nitrogens with zero attached hydrogens (tertiary/aromatic N) is 3. The molecule has 0 spiro atoms. The van der Waals surface area contributed by atoms with E-state index in [-0.39, 0.29) is 18.3 Å². The molecule has 0 aliphatic rings. The van der Waals surface area contributed by atoms with Crippen molar-refractivity contribution >= 4 is 6.16 Å². The van der Waals surface area contributed by atoms with E-state index < -0.39 is 23.4 Å². The Morgan fingerprint density at radius 3 is 2.17 bits per heavy atom. The molecule has 0 aliphatic carbocycles. The Hall–Kier alpha value is -1.50. The molecule has 0 saturated heterocycles. The van der Waals surface area contributed by atoms with Crippen LogP contribution in [0.3, 0.4) is 0 Å². The fourth-order valence-corrected chi connectivity index (χ4v) is 3.16. The normalized spacial score (nSPS) is 17.0. The Labute approximate surface area is 176 Å². The molecule has 8 heteroatoms. The molecule has 0 radical (unpaired) electrons. The van der Waals surface area contributed by atoms with E-state index in [0.29, 0.717) is 25.9 Å². The molecular weight excluding hydrogens is 374 g/mol. The summed E-state index contributed by atoms with van der Waals surface area (Å²) in [5.74, 6) is 0. The number of carbonyl (C=O) groups is 1. The first-order valence-electron chi connectivity index (χ1n) is 10.6. The first kappa shape index (κ1) is 27.5. The third-order valence-electron chi connectivity index (χ3n) is 4.65.